The van der Waals surface area contributed by atoms with Crippen molar-refractivity contribution in [2.45, 2.75) is 11.6 Å². The van der Waals surface area contributed by atoms with Crippen LogP contribution >= 0.6 is 11.8 Å². The molecule has 1 aromatic rings. The maximum absolute atomic E-state index is 10.7. The van der Waals surface area contributed by atoms with Crippen molar-refractivity contribution in [2.75, 3.05) is 29.6 Å². The van der Waals surface area contributed by atoms with Gasteiger partial charge in [-0.3, -0.25) is 0 Å². The van der Waals surface area contributed by atoms with Gasteiger partial charge in [-0.2, -0.15) is 0 Å². The van der Waals surface area contributed by atoms with Gasteiger partial charge in [0.1, 0.15) is 11.6 Å². The fraction of sp³-hybridized carbons (Fsp3) is 0.500. The lowest BCUT2D eigenvalue weighted by Gasteiger charge is -2.06. The number of hydrogen-bond acceptors (Lipinski definition) is 7. The molecule has 0 aliphatic rings. The number of nitrogens with zero attached hydrogens (tertiary/aromatic N) is 2. The predicted octanol–water partition coefficient (Wildman–Crippen LogP) is -0.129. The summed E-state index contributed by atoms with van der Waals surface area (Å²) >= 11 is 1.38. The van der Waals surface area contributed by atoms with Crippen molar-refractivity contribution in [3.63, 3.8) is 0 Å². The molecule has 0 saturated carbocycles. The average molecular weight is 277 g/mol. The molecule has 1 aromatic heterocycles. The van der Waals surface area contributed by atoms with E-state index in [2.05, 4.69) is 15.3 Å². The van der Waals surface area contributed by atoms with Crippen LogP contribution in [-0.2, 0) is 10.0 Å². The van der Waals surface area contributed by atoms with Crippen LogP contribution in [0.15, 0.2) is 11.2 Å². The highest BCUT2D eigenvalue weighted by Crippen LogP contribution is 2.14. The molecule has 0 spiro atoms. The lowest BCUT2D eigenvalue weighted by Crippen LogP contribution is -2.19. The summed E-state index contributed by atoms with van der Waals surface area (Å²) in [4.78, 5) is 8.16. The van der Waals surface area contributed by atoms with Gasteiger partial charge < -0.3 is 11.1 Å². The Labute approximate surface area is 104 Å². The Bertz CT molecular complexity index is 477. The van der Waals surface area contributed by atoms with Crippen LogP contribution in [0.4, 0.5) is 11.6 Å². The first-order valence-electron chi connectivity index (χ1n) is 4.83. The first-order valence-corrected chi connectivity index (χ1v) is 7.77. The fourth-order valence-electron chi connectivity index (χ4n) is 1.11. The van der Waals surface area contributed by atoms with Gasteiger partial charge >= 0.3 is 0 Å². The van der Waals surface area contributed by atoms with Gasteiger partial charge in [0.25, 0.3) is 0 Å². The van der Waals surface area contributed by atoms with E-state index in [1.165, 1.54) is 11.8 Å². The first kappa shape index (κ1) is 14.0. The fourth-order valence-corrected chi connectivity index (χ4v) is 2.05. The van der Waals surface area contributed by atoms with Crippen molar-refractivity contribution in [2.24, 2.45) is 5.14 Å². The summed E-state index contributed by atoms with van der Waals surface area (Å²) in [7, 11) is -3.40. The number of sulfonamides is 1. The van der Waals surface area contributed by atoms with E-state index >= 15 is 0 Å². The highest BCUT2D eigenvalue weighted by Gasteiger charge is 2.03. The van der Waals surface area contributed by atoms with E-state index in [1.54, 1.807) is 6.07 Å². The summed E-state index contributed by atoms with van der Waals surface area (Å²) in [6, 6.07) is 1.59. The van der Waals surface area contributed by atoms with E-state index in [4.69, 9.17) is 10.9 Å². The number of rotatable bonds is 6. The summed E-state index contributed by atoms with van der Waals surface area (Å²) in [6.07, 6.45) is 2.26. The molecular formula is C8H15N5O2S2. The molecule has 0 radical (unpaired) electrons. The van der Waals surface area contributed by atoms with Crippen molar-refractivity contribution in [1.29, 1.82) is 0 Å². The molecule has 9 heteroatoms. The molecule has 0 aromatic carbocycles. The minimum atomic E-state index is -3.40. The Morgan fingerprint density at radius 3 is 2.76 bits per heavy atom. The first-order chi connectivity index (χ1) is 7.90. The van der Waals surface area contributed by atoms with Crippen LogP contribution < -0.4 is 16.2 Å². The minimum Gasteiger partial charge on any atom is -0.383 e. The zero-order valence-electron chi connectivity index (χ0n) is 9.38. The van der Waals surface area contributed by atoms with E-state index in [0.717, 1.165) is 0 Å². The standard InChI is InChI=1S/C8H15N5O2S2/c1-16-8-12-6(9)5-7(13-8)11-3-2-4-17(10,14)15/h5H,2-4H2,1H3,(H2,10,14,15)(H3,9,11,12,13). The van der Waals surface area contributed by atoms with Crippen LogP contribution in [-0.4, -0.2) is 36.9 Å². The highest BCUT2D eigenvalue weighted by molar-refractivity contribution is 7.98. The van der Waals surface area contributed by atoms with E-state index in [1.807, 2.05) is 6.26 Å². The maximum atomic E-state index is 10.7. The number of nitrogen functional groups attached to an aromatic ring is 1. The second kappa shape index (κ2) is 6.03. The smallest absolute Gasteiger partial charge is 0.209 e. The van der Waals surface area contributed by atoms with Crippen LogP contribution in [0.3, 0.4) is 0 Å². The highest BCUT2D eigenvalue weighted by atomic mass is 32.2. The van der Waals surface area contributed by atoms with E-state index < -0.39 is 10.0 Å². The summed E-state index contributed by atoms with van der Waals surface area (Å²) in [5.74, 6) is 0.894. The molecule has 0 amide bonds. The molecule has 0 atom stereocenters. The molecule has 0 bridgehead atoms. The van der Waals surface area contributed by atoms with Crippen molar-refractivity contribution in [3.8, 4) is 0 Å². The molecule has 17 heavy (non-hydrogen) atoms. The van der Waals surface area contributed by atoms with E-state index in [0.29, 0.717) is 29.8 Å². The van der Waals surface area contributed by atoms with Crippen LogP contribution in [0.5, 0.6) is 0 Å². The third-order valence-electron chi connectivity index (χ3n) is 1.82. The van der Waals surface area contributed by atoms with Crippen LogP contribution in [0.1, 0.15) is 6.42 Å². The molecular weight excluding hydrogens is 262 g/mol. The molecule has 0 aliphatic carbocycles. The van der Waals surface area contributed by atoms with Gasteiger partial charge in [-0.1, -0.05) is 11.8 Å². The predicted molar refractivity (Wildman–Crippen MR) is 69.3 cm³/mol. The number of aromatic nitrogens is 2. The zero-order chi connectivity index (χ0) is 12.9. The molecule has 0 aliphatic heterocycles. The number of nitrogens with one attached hydrogen (secondary N) is 1. The number of thioether (sulfide) groups is 1. The SMILES string of the molecule is CSc1nc(N)cc(NCCCS(N)(=O)=O)n1. The molecule has 7 nitrogen and oxygen atoms in total. The molecule has 0 unspecified atom stereocenters. The Balaban J connectivity index is 2.49. The minimum absolute atomic E-state index is 0.0596. The lowest BCUT2D eigenvalue weighted by molar-refractivity contribution is 0.595. The van der Waals surface area contributed by atoms with Gasteiger partial charge in [0.2, 0.25) is 10.0 Å². The monoisotopic (exact) mass is 277 g/mol. The molecule has 0 fully saturated rings. The number of hydrogen-bond donors (Lipinski definition) is 3. The topological polar surface area (TPSA) is 124 Å². The van der Waals surface area contributed by atoms with Crippen molar-refractivity contribution < 1.29 is 8.42 Å². The largest absolute Gasteiger partial charge is 0.383 e. The summed E-state index contributed by atoms with van der Waals surface area (Å²) in [6.45, 7) is 0.459. The maximum Gasteiger partial charge on any atom is 0.209 e. The van der Waals surface area contributed by atoms with E-state index in [9.17, 15) is 8.42 Å². The summed E-state index contributed by atoms with van der Waals surface area (Å²) < 4.78 is 21.4. The van der Waals surface area contributed by atoms with Gasteiger partial charge in [0, 0.05) is 12.6 Å². The molecule has 5 N–H and O–H groups in total. The zero-order valence-corrected chi connectivity index (χ0v) is 11.0. The molecule has 1 rings (SSSR count). The Morgan fingerprint density at radius 1 is 1.47 bits per heavy atom. The second-order valence-electron chi connectivity index (χ2n) is 3.31. The molecule has 96 valence electrons. The third-order valence-corrected chi connectivity index (χ3v) is 3.23. The van der Waals surface area contributed by atoms with Gasteiger partial charge in [-0.15, -0.1) is 0 Å². The Hall–Kier alpha value is -1.06. The van der Waals surface area contributed by atoms with Gasteiger partial charge in [0.05, 0.1) is 5.75 Å². The third kappa shape index (κ3) is 5.71. The van der Waals surface area contributed by atoms with Gasteiger partial charge in [0.15, 0.2) is 5.16 Å². The van der Waals surface area contributed by atoms with Crippen LogP contribution in [0.25, 0.3) is 0 Å². The number of anilines is 2. The van der Waals surface area contributed by atoms with Crippen LogP contribution in [0.2, 0.25) is 0 Å². The van der Waals surface area contributed by atoms with Crippen LogP contribution in [0, 0.1) is 0 Å². The normalized spacial score (nSPS) is 11.4. The molecule has 0 saturated heterocycles. The van der Waals surface area contributed by atoms with Crippen molar-refractivity contribution >= 4 is 33.4 Å². The summed E-state index contributed by atoms with van der Waals surface area (Å²) in [5.41, 5.74) is 5.59. The quantitative estimate of drug-likeness (QED) is 0.376. The molecule has 1 heterocycles. The number of nitrogens with two attached hydrogens (primary N) is 2. The average Bonchev–Trinajstić information content (AvgIpc) is 2.22. The Kier molecular flexibility index (Phi) is 4.97. The summed E-state index contributed by atoms with van der Waals surface area (Å²) in [5, 5.41) is 8.42. The second-order valence-corrected chi connectivity index (χ2v) is 5.82. The Morgan fingerprint density at radius 2 is 2.18 bits per heavy atom. The number of primary sulfonamides is 1. The lowest BCUT2D eigenvalue weighted by atomic mass is 10.4. The van der Waals surface area contributed by atoms with Crippen molar-refractivity contribution in [1.82, 2.24) is 9.97 Å². The van der Waals surface area contributed by atoms with E-state index in [-0.39, 0.29) is 5.75 Å². The van der Waals surface area contributed by atoms with Gasteiger partial charge in [-0.25, -0.2) is 23.5 Å². The van der Waals surface area contributed by atoms with Crippen molar-refractivity contribution in [3.05, 3.63) is 6.07 Å². The van der Waals surface area contributed by atoms with Gasteiger partial charge in [-0.05, 0) is 12.7 Å².